The summed E-state index contributed by atoms with van der Waals surface area (Å²) in [5.74, 6) is 1.63. The summed E-state index contributed by atoms with van der Waals surface area (Å²) < 4.78 is 16.3. The zero-order valence-electron chi connectivity index (χ0n) is 15.5. The van der Waals surface area contributed by atoms with Crippen LogP contribution >= 0.6 is 0 Å². The summed E-state index contributed by atoms with van der Waals surface area (Å²) in [7, 11) is 1.58. The van der Waals surface area contributed by atoms with Gasteiger partial charge >= 0.3 is 0 Å². The Morgan fingerprint density at radius 2 is 1.85 bits per heavy atom. The molecular formula is C20H24N2O4. The molecule has 2 aromatic rings. The highest BCUT2D eigenvalue weighted by molar-refractivity contribution is 5.83. The van der Waals surface area contributed by atoms with E-state index in [9.17, 15) is 4.79 Å². The average molecular weight is 356 g/mol. The maximum Gasteiger partial charge on any atom is 0.277 e. The number of hydrazone groups is 1. The zero-order valence-corrected chi connectivity index (χ0v) is 15.5. The van der Waals surface area contributed by atoms with Crippen molar-refractivity contribution in [3.8, 4) is 17.2 Å². The van der Waals surface area contributed by atoms with Gasteiger partial charge < -0.3 is 14.2 Å². The number of nitrogens with zero attached hydrogens (tertiary/aromatic N) is 1. The predicted octanol–water partition coefficient (Wildman–Crippen LogP) is 3.24. The number of rotatable bonds is 8. The van der Waals surface area contributed by atoms with Gasteiger partial charge in [0.15, 0.2) is 18.1 Å². The van der Waals surface area contributed by atoms with Gasteiger partial charge in [0.25, 0.3) is 5.91 Å². The lowest BCUT2D eigenvalue weighted by Gasteiger charge is -2.09. The molecule has 0 bridgehead atoms. The van der Waals surface area contributed by atoms with Crippen LogP contribution in [0, 0.1) is 13.8 Å². The van der Waals surface area contributed by atoms with Crippen LogP contribution in [0.3, 0.4) is 0 Å². The highest BCUT2D eigenvalue weighted by Crippen LogP contribution is 2.27. The van der Waals surface area contributed by atoms with Crippen LogP contribution < -0.4 is 19.6 Å². The second-order valence-electron chi connectivity index (χ2n) is 5.69. The van der Waals surface area contributed by atoms with Crippen LogP contribution in [0.2, 0.25) is 0 Å². The standard InChI is InChI=1S/C20H24N2O4/c1-5-25-19-11-16(7-9-18(19)24-4)12-21-22-20(23)13-26-17-8-6-14(2)10-15(17)3/h6-12H,5,13H2,1-4H3,(H,22,23)/b21-12+. The van der Waals surface area contributed by atoms with E-state index in [1.807, 2.05) is 45.0 Å². The van der Waals surface area contributed by atoms with Crippen molar-refractivity contribution in [1.82, 2.24) is 5.43 Å². The van der Waals surface area contributed by atoms with Crippen molar-refractivity contribution in [3.05, 3.63) is 53.1 Å². The first-order chi connectivity index (χ1) is 12.5. The summed E-state index contributed by atoms with van der Waals surface area (Å²) >= 11 is 0. The number of nitrogens with one attached hydrogen (secondary N) is 1. The average Bonchev–Trinajstić information content (AvgIpc) is 2.61. The van der Waals surface area contributed by atoms with Crippen LogP contribution in [-0.4, -0.2) is 32.4 Å². The summed E-state index contributed by atoms with van der Waals surface area (Å²) in [6.45, 7) is 6.28. The van der Waals surface area contributed by atoms with Gasteiger partial charge in [0.1, 0.15) is 5.75 Å². The van der Waals surface area contributed by atoms with E-state index in [1.165, 1.54) is 6.21 Å². The zero-order chi connectivity index (χ0) is 18.9. The first-order valence-electron chi connectivity index (χ1n) is 8.36. The molecule has 1 N–H and O–H groups in total. The Morgan fingerprint density at radius 1 is 1.08 bits per heavy atom. The van der Waals surface area contributed by atoms with Crippen molar-refractivity contribution < 1.29 is 19.0 Å². The van der Waals surface area contributed by atoms with E-state index in [0.29, 0.717) is 23.9 Å². The van der Waals surface area contributed by atoms with Crippen molar-refractivity contribution in [2.24, 2.45) is 5.10 Å². The monoisotopic (exact) mass is 356 g/mol. The summed E-state index contributed by atoms with van der Waals surface area (Å²) in [6.07, 6.45) is 1.54. The Kier molecular flexibility index (Phi) is 7.02. The second kappa shape index (κ2) is 9.46. The van der Waals surface area contributed by atoms with Gasteiger partial charge in [-0.05, 0) is 56.2 Å². The fraction of sp³-hybridized carbons (Fsp3) is 0.300. The molecule has 0 unspecified atom stereocenters. The minimum atomic E-state index is -0.334. The molecule has 0 spiro atoms. The van der Waals surface area contributed by atoms with Gasteiger partial charge in [-0.15, -0.1) is 0 Å². The third kappa shape index (κ3) is 5.51. The quantitative estimate of drug-likeness (QED) is 0.582. The van der Waals surface area contributed by atoms with Crippen LogP contribution in [0.25, 0.3) is 0 Å². The van der Waals surface area contributed by atoms with E-state index in [1.54, 1.807) is 19.2 Å². The molecule has 138 valence electrons. The summed E-state index contributed by atoms with van der Waals surface area (Å²) in [6, 6.07) is 11.2. The Hall–Kier alpha value is -3.02. The van der Waals surface area contributed by atoms with E-state index in [0.717, 1.165) is 16.7 Å². The van der Waals surface area contributed by atoms with Crippen molar-refractivity contribution in [2.45, 2.75) is 20.8 Å². The molecule has 2 aromatic carbocycles. The van der Waals surface area contributed by atoms with Crippen molar-refractivity contribution in [1.29, 1.82) is 0 Å². The highest BCUT2D eigenvalue weighted by atomic mass is 16.5. The molecule has 6 nitrogen and oxygen atoms in total. The molecule has 0 fully saturated rings. The number of methoxy groups -OCH3 is 1. The summed E-state index contributed by atoms with van der Waals surface area (Å²) in [5, 5.41) is 3.95. The van der Waals surface area contributed by atoms with Crippen LogP contribution in [0.15, 0.2) is 41.5 Å². The Balaban J connectivity index is 1.89. The highest BCUT2D eigenvalue weighted by Gasteiger charge is 2.06. The van der Waals surface area contributed by atoms with Crippen molar-refractivity contribution in [2.75, 3.05) is 20.3 Å². The van der Waals surface area contributed by atoms with E-state index < -0.39 is 0 Å². The van der Waals surface area contributed by atoms with E-state index in [4.69, 9.17) is 14.2 Å². The number of ether oxygens (including phenoxy) is 3. The molecular weight excluding hydrogens is 332 g/mol. The predicted molar refractivity (Wildman–Crippen MR) is 101 cm³/mol. The third-order valence-electron chi connectivity index (χ3n) is 3.58. The van der Waals surface area contributed by atoms with E-state index in [-0.39, 0.29) is 12.5 Å². The van der Waals surface area contributed by atoms with Gasteiger partial charge in [0, 0.05) is 0 Å². The van der Waals surface area contributed by atoms with Gasteiger partial charge in [-0.25, -0.2) is 5.43 Å². The number of aryl methyl sites for hydroxylation is 2. The fourth-order valence-electron chi connectivity index (χ4n) is 2.36. The largest absolute Gasteiger partial charge is 0.493 e. The number of hydrogen-bond acceptors (Lipinski definition) is 5. The number of carbonyl (C=O) groups is 1. The molecule has 0 aliphatic carbocycles. The Labute approximate surface area is 153 Å². The molecule has 0 aromatic heterocycles. The van der Waals surface area contributed by atoms with Gasteiger partial charge in [-0.3, -0.25) is 4.79 Å². The third-order valence-corrected chi connectivity index (χ3v) is 3.58. The van der Waals surface area contributed by atoms with Gasteiger partial charge in [0.2, 0.25) is 0 Å². The van der Waals surface area contributed by atoms with E-state index in [2.05, 4.69) is 10.5 Å². The normalized spacial score (nSPS) is 10.6. The lowest BCUT2D eigenvalue weighted by Crippen LogP contribution is -2.24. The lowest BCUT2D eigenvalue weighted by molar-refractivity contribution is -0.123. The minimum Gasteiger partial charge on any atom is -0.493 e. The van der Waals surface area contributed by atoms with Gasteiger partial charge in [-0.1, -0.05) is 17.7 Å². The van der Waals surface area contributed by atoms with Crippen LogP contribution in [-0.2, 0) is 4.79 Å². The summed E-state index contributed by atoms with van der Waals surface area (Å²) in [5.41, 5.74) is 5.36. The fourth-order valence-corrected chi connectivity index (χ4v) is 2.36. The maximum atomic E-state index is 11.9. The molecule has 1 amide bonds. The molecule has 0 atom stereocenters. The molecule has 26 heavy (non-hydrogen) atoms. The minimum absolute atomic E-state index is 0.103. The second-order valence-corrected chi connectivity index (χ2v) is 5.69. The molecule has 6 heteroatoms. The number of carbonyl (C=O) groups excluding carboxylic acids is 1. The SMILES string of the molecule is CCOc1cc(/C=N/NC(=O)COc2ccc(C)cc2C)ccc1OC. The van der Waals surface area contributed by atoms with Crippen LogP contribution in [0.4, 0.5) is 0 Å². The molecule has 0 radical (unpaired) electrons. The lowest BCUT2D eigenvalue weighted by atomic mass is 10.1. The van der Waals surface area contributed by atoms with Crippen molar-refractivity contribution in [3.63, 3.8) is 0 Å². The van der Waals surface area contributed by atoms with Gasteiger partial charge in [0.05, 0.1) is 19.9 Å². The molecule has 0 aliphatic rings. The first-order valence-corrected chi connectivity index (χ1v) is 8.36. The number of amides is 1. The molecule has 0 saturated heterocycles. The number of benzene rings is 2. The molecule has 0 aliphatic heterocycles. The smallest absolute Gasteiger partial charge is 0.277 e. The molecule has 2 rings (SSSR count). The maximum absolute atomic E-state index is 11.9. The Morgan fingerprint density at radius 3 is 2.54 bits per heavy atom. The van der Waals surface area contributed by atoms with E-state index >= 15 is 0 Å². The van der Waals surface area contributed by atoms with Crippen molar-refractivity contribution >= 4 is 12.1 Å². The number of hydrogen-bond donors (Lipinski definition) is 1. The molecule has 0 heterocycles. The van der Waals surface area contributed by atoms with Crippen LogP contribution in [0.1, 0.15) is 23.6 Å². The summed E-state index contributed by atoms with van der Waals surface area (Å²) in [4.78, 5) is 11.9. The van der Waals surface area contributed by atoms with Crippen LogP contribution in [0.5, 0.6) is 17.2 Å². The first kappa shape index (κ1) is 19.3. The Bertz CT molecular complexity index is 787. The molecule has 0 saturated carbocycles. The van der Waals surface area contributed by atoms with Gasteiger partial charge in [-0.2, -0.15) is 5.10 Å². The topological polar surface area (TPSA) is 69.2 Å².